The van der Waals surface area contributed by atoms with Crippen LogP contribution in [-0.2, 0) is 19.1 Å². The minimum Gasteiger partial charge on any atom is -0.495 e. The van der Waals surface area contributed by atoms with E-state index in [4.69, 9.17) is 25.8 Å². The highest BCUT2D eigenvalue weighted by Crippen LogP contribution is 2.40. The number of likely N-dealkylation sites (N-methyl/N-ethyl adjacent to an activating group) is 1. The first-order valence-corrected chi connectivity index (χ1v) is 8.90. The number of halogens is 1. The number of hydrogen-bond acceptors (Lipinski definition) is 6. The molecule has 1 saturated heterocycles. The van der Waals surface area contributed by atoms with Gasteiger partial charge in [0.2, 0.25) is 5.91 Å². The summed E-state index contributed by atoms with van der Waals surface area (Å²) >= 11 is 6.16. The fourth-order valence-corrected chi connectivity index (χ4v) is 3.03. The summed E-state index contributed by atoms with van der Waals surface area (Å²) in [6.45, 7) is 3.81. The van der Waals surface area contributed by atoms with E-state index in [1.165, 1.54) is 26.0 Å². The molecule has 0 saturated carbocycles. The molecule has 1 aromatic rings. The summed E-state index contributed by atoms with van der Waals surface area (Å²) in [4.78, 5) is 37.9. The smallest absolute Gasteiger partial charge is 0.312 e. The predicted octanol–water partition coefficient (Wildman–Crippen LogP) is 1.78. The van der Waals surface area contributed by atoms with Gasteiger partial charge in [0, 0.05) is 25.6 Å². The maximum atomic E-state index is 12.5. The molecule has 8 nitrogen and oxygen atoms in total. The van der Waals surface area contributed by atoms with E-state index < -0.39 is 18.0 Å². The summed E-state index contributed by atoms with van der Waals surface area (Å²) in [7, 11) is 2.94. The standard InChI is InChI=1S/C18H23ClN2O6/c1-5-20-17(23)10(2)27-18(24)11-6-16(22)21(9-11)13-7-12(19)14(25-3)8-15(13)26-4/h7-8,10-11H,5-6,9H2,1-4H3,(H,20,23)/t10-,11+/m1/s1. The van der Waals surface area contributed by atoms with Crippen molar-refractivity contribution in [3.8, 4) is 11.5 Å². The van der Waals surface area contributed by atoms with E-state index in [-0.39, 0.29) is 24.8 Å². The van der Waals surface area contributed by atoms with E-state index in [1.807, 2.05) is 0 Å². The summed E-state index contributed by atoms with van der Waals surface area (Å²) in [6.07, 6.45) is -0.945. The van der Waals surface area contributed by atoms with Gasteiger partial charge in [0.05, 0.1) is 30.8 Å². The number of nitrogens with zero attached hydrogens (tertiary/aromatic N) is 1. The van der Waals surface area contributed by atoms with Crippen molar-refractivity contribution in [3.05, 3.63) is 17.2 Å². The number of hydrogen-bond donors (Lipinski definition) is 1. The Labute approximate surface area is 162 Å². The van der Waals surface area contributed by atoms with Gasteiger partial charge in [0.1, 0.15) is 11.5 Å². The van der Waals surface area contributed by atoms with Crippen molar-refractivity contribution >= 4 is 35.1 Å². The monoisotopic (exact) mass is 398 g/mol. The van der Waals surface area contributed by atoms with Crippen molar-refractivity contribution in [1.82, 2.24) is 5.32 Å². The van der Waals surface area contributed by atoms with Gasteiger partial charge in [-0.2, -0.15) is 0 Å². The van der Waals surface area contributed by atoms with Gasteiger partial charge < -0.3 is 24.4 Å². The third kappa shape index (κ3) is 4.63. The molecular formula is C18H23ClN2O6. The molecule has 0 unspecified atom stereocenters. The van der Waals surface area contributed by atoms with Crippen LogP contribution in [0.4, 0.5) is 5.69 Å². The Balaban J connectivity index is 2.14. The third-order valence-electron chi connectivity index (χ3n) is 4.22. The van der Waals surface area contributed by atoms with Gasteiger partial charge in [-0.15, -0.1) is 0 Å². The molecule has 0 aromatic heterocycles. The maximum Gasteiger partial charge on any atom is 0.312 e. The number of amides is 2. The van der Waals surface area contributed by atoms with Crippen LogP contribution in [0.5, 0.6) is 11.5 Å². The first-order chi connectivity index (χ1) is 12.8. The molecule has 2 rings (SSSR count). The van der Waals surface area contributed by atoms with Crippen molar-refractivity contribution in [2.24, 2.45) is 5.92 Å². The lowest BCUT2D eigenvalue weighted by Gasteiger charge is -2.21. The van der Waals surface area contributed by atoms with Gasteiger partial charge in [0.15, 0.2) is 6.10 Å². The number of nitrogens with one attached hydrogen (secondary N) is 1. The highest BCUT2D eigenvalue weighted by atomic mass is 35.5. The van der Waals surface area contributed by atoms with E-state index in [1.54, 1.807) is 19.1 Å². The van der Waals surface area contributed by atoms with Crippen molar-refractivity contribution in [2.75, 3.05) is 32.2 Å². The highest BCUT2D eigenvalue weighted by molar-refractivity contribution is 6.32. The average molecular weight is 399 g/mol. The highest BCUT2D eigenvalue weighted by Gasteiger charge is 2.38. The van der Waals surface area contributed by atoms with Crippen molar-refractivity contribution in [1.29, 1.82) is 0 Å². The van der Waals surface area contributed by atoms with Gasteiger partial charge in [-0.25, -0.2) is 0 Å². The second kappa shape index (κ2) is 8.94. The van der Waals surface area contributed by atoms with Crippen LogP contribution in [0.25, 0.3) is 0 Å². The SMILES string of the molecule is CCNC(=O)[C@@H](C)OC(=O)[C@H]1CC(=O)N(c2cc(Cl)c(OC)cc2OC)C1. The molecule has 0 radical (unpaired) electrons. The number of anilines is 1. The zero-order valence-corrected chi connectivity index (χ0v) is 16.5. The molecule has 148 valence electrons. The molecule has 1 N–H and O–H groups in total. The molecule has 0 spiro atoms. The number of methoxy groups -OCH3 is 2. The average Bonchev–Trinajstić information content (AvgIpc) is 3.03. The maximum absolute atomic E-state index is 12.5. The lowest BCUT2D eigenvalue weighted by atomic mass is 10.1. The third-order valence-corrected chi connectivity index (χ3v) is 4.51. The predicted molar refractivity (Wildman–Crippen MR) is 99.3 cm³/mol. The minimum absolute atomic E-state index is 0.0201. The van der Waals surface area contributed by atoms with Crippen molar-refractivity contribution < 1.29 is 28.6 Å². The molecule has 1 aromatic carbocycles. The van der Waals surface area contributed by atoms with E-state index in [0.29, 0.717) is 28.8 Å². The van der Waals surface area contributed by atoms with Gasteiger partial charge in [-0.05, 0) is 19.9 Å². The lowest BCUT2D eigenvalue weighted by molar-refractivity contribution is -0.158. The Kier molecular flexibility index (Phi) is 6.90. The summed E-state index contributed by atoms with van der Waals surface area (Å²) in [5.74, 6) is -1.11. The Hall–Kier alpha value is -2.48. The molecule has 2 amide bonds. The quantitative estimate of drug-likeness (QED) is 0.703. The molecule has 1 aliphatic rings. The number of carbonyl (C=O) groups excluding carboxylic acids is 3. The number of rotatable bonds is 7. The summed E-state index contributed by atoms with van der Waals surface area (Å²) in [5.41, 5.74) is 0.445. The summed E-state index contributed by atoms with van der Waals surface area (Å²) in [6, 6.07) is 3.13. The van der Waals surface area contributed by atoms with E-state index in [9.17, 15) is 14.4 Å². The van der Waals surface area contributed by atoms with Crippen LogP contribution >= 0.6 is 11.6 Å². The Morgan fingerprint density at radius 1 is 1.30 bits per heavy atom. The Bertz CT molecular complexity index is 739. The van der Waals surface area contributed by atoms with Gasteiger partial charge >= 0.3 is 5.97 Å². The minimum atomic E-state index is -0.924. The number of esters is 1. The molecule has 0 aliphatic carbocycles. The van der Waals surface area contributed by atoms with Crippen LogP contribution in [0.3, 0.4) is 0 Å². The second-order valence-electron chi connectivity index (χ2n) is 6.04. The number of ether oxygens (including phenoxy) is 3. The van der Waals surface area contributed by atoms with Gasteiger partial charge in [0.25, 0.3) is 5.91 Å². The lowest BCUT2D eigenvalue weighted by Crippen LogP contribution is -2.37. The van der Waals surface area contributed by atoms with Crippen LogP contribution < -0.4 is 19.7 Å². The molecule has 0 bridgehead atoms. The second-order valence-corrected chi connectivity index (χ2v) is 6.44. The Morgan fingerprint density at radius 3 is 2.56 bits per heavy atom. The molecule has 1 heterocycles. The van der Waals surface area contributed by atoms with Crippen LogP contribution in [0, 0.1) is 5.92 Å². The first-order valence-electron chi connectivity index (χ1n) is 8.52. The fraction of sp³-hybridized carbons (Fsp3) is 0.500. The summed E-state index contributed by atoms with van der Waals surface area (Å²) < 4.78 is 15.7. The fourth-order valence-electron chi connectivity index (χ4n) is 2.80. The van der Waals surface area contributed by atoms with Crippen LogP contribution in [-0.4, -0.2) is 51.2 Å². The number of carbonyl (C=O) groups is 3. The molecule has 1 fully saturated rings. The molecule has 9 heteroatoms. The Morgan fingerprint density at radius 2 is 1.96 bits per heavy atom. The van der Waals surface area contributed by atoms with Crippen LogP contribution in [0.2, 0.25) is 5.02 Å². The molecule has 2 atom stereocenters. The van der Waals surface area contributed by atoms with E-state index in [2.05, 4.69) is 5.32 Å². The van der Waals surface area contributed by atoms with Crippen LogP contribution in [0.15, 0.2) is 12.1 Å². The normalized spacial score (nSPS) is 17.4. The van der Waals surface area contributed by atoms with Gasteiger partial charge in [-0.1, -0.05) is 11.6 Å². The largest absolute Gasteiger partial charge is 0.495 e. The molecule has 27 heavy (non-hydrogen) atoms. The van der Waals surface area contributed by atoms with Crippen molar-refractivity contribution in [3.63, 3.8) is 0 Å². The van der Waals surface area contributed by atoms with E-state index in [0.717, 1.165) is 0 Å². The van der Waals surface area contributed by atoms with Gasteiger partial charge in [-0.3, -0.25) is 14.4 Å². The summed E-state index contributed by atoms with van der Waals surface area (Å²) in [5, 5.41) is 2.90. The zero-order valence-electron chi connectivity index (χ0n) is 15.7. The first kappa shape index (κ1) is 20.8. The zero-order chi connectivity index (χ0) is 20.1. The van der Waals surface area contributed by atoms with E-state index >= 15 is 0 Å². The van der Waals surface area contributed by atoms with Crippen molar-refractivity contribution in [2.45, 2.75) is 26.4 Å². The number of benzene rings is 1. The molecule has 1 aliphatic heterocycles. The topological polar surface area (TPSA) is 94.2 Å². The van der Waals surface area contributed by atoms with Crippen LogP contribution in [0.1, 0.15) is 20.3 Å². The molecular weight excluding hydrogens is 376 g/mol.